The average Bonchev–Trinajstić information content (AvgIpc) is 3.08. The van der Waals surface area contributed by atoms with Gasteiger partial charge in [-0.2, -0.15) is 5.10 Å². The predicted octanol–water partition coefficient (Wildman–Crippen LogP) is 3.64. The molecule has 0 spiro atoms. The van der Waals surface area contributed by atoms with Crippen molar-refractivity contribution in [3.63, 3.8) is 0 Å². The number of ether oxygens (including phenoxy) is 2. The molecule has 7 nitrogen and oxygen atoms in total. The van der Waals surface area contributed by atoms with Crippen molar-refractivity contribution < 1.29 is 19.1 Å². The lowest BCUT2D eigenvalue weighted by Crippen LogP contribution is -2.14. The maximum absolute atomic E-state index is 12.6. The van der Waals surface area contributed by atoms with Crippen LogP contribution in [0, 0.1) is 6.92 Å². The SMILES string of the molecule is COC(=O)COc1ccc(NC(=O)c2cnn(-c3cccc(Cl)c3)c2C)cc1. The molecule has 8 heteroatoms. The molecule has 0 unspecified atom stereocenters. The largest absolute Gasteiger partial charge is 0.482 e. The molecule has 0 aliphatic heterocycles. The van der Waals surface area contributed by atoms with Crippen LogP contribution in [0.15, 0.2) is 54.7 Å². The number of rotatable bonds is 6. The molecule has 0 saturated heterocycles. The number of aromatic nitrogens is 2. The third-order valence-electron chi connectivity index (χ3n) is 4.00. The minimum Gasteiger partial charge on any atom is -0.482 e. The number of esters is 1. The predicted molar refractivity (Wildman–Crippen MR) is 105 cm³/mol. The van der Waals surface area contributed by atoms with Crippen LogP contribution in [0.1, 0.15) is 16.1 Å². The number of amides is 1. The number of anilines is 1. The lowest BCUT2D eigenvalue weighted by atomic mass is 10.2. The molecule has 3 aromatic rings. The molecule has 0 aliphatic rings. The summed E-state index contributed by atoms with van der Waals surface area (Å²) < 4.78 is 11.4. The standard InChI is InChI=1S/C20H18ClN3O4/c1-13-18(11-22-24(13)16-5-3-4-14(21)10-16)20(26)23-15-6-8-17(9-7-15)28-12-19(25)27-2/h3-11H,12H2,1-2H3,(H,23,26). The van der Waals surface area contributed by atoms with E-state index in [1.54, 1.807) is 41.1 Å². The van der Waals surface area contributed by atoms with Crippen molar-refractivity contribution in [3.05, 3.63) is 71.0 Å². The van der Waals surface area contributed by atoms with Crippen LogP contribution in [0.3, 0.4) is 0 Å². The average molecular weight is 400 g/mol. The van der Waals surface area contributed by atoms with E-state index in [9.17, 15) is 9.59 Å². The summed E-state index contributed by atoms with van der Waals surface area (Å²) in [7, 11) is 1.29. The molecular weight excluding hydrogens is 382 g/mol. The highest BCUT2D eigenvalue weighted by atomic mass is 35.5. The van der Waals surface area contributed by atoms with Crippen LogP contribution >= 0.6 is 11.6 Å². The van der Waals surface area contributed by atoms with Crippen LogP contribution in [-0.4, -0.2) is 35.4 Å². The van der Waals surface area contributed by atoms with E-state index in [2.05, 4.69) is 15.2 Å². The quantitative estimate of drug-likeness (QED) is 0.640. The molecule has 0 bridgehead atoms. The summed E-state index contributed by atoms with van der Waals surface area (Å²) in [5, 5.41) is 7.69. The van der Waals surface area contributed by atoms with Gasteiger partial charge in [-0.15, -0.1) is 0 Å². The van der Waals surface area contributed by atoms with Gasteiger partial charge in [0.05, 0.1) is 30.3 Å². The molecule has 1 N–H and O–H groups in total. The van der Waals surface area contributed by atoms with Gasteiger partial charge in [0.25, 0.3) is 5.91 Å². The van der Waals surface area contributed by atoms with Crippen molar-refractivity contribution in [2.45, 2.75) is 6.92 Å². The molecule has 1 amide bonds. The molecule has 0 fully saturated rings. The van der Waals surface area contributed by atoms with Gasteiger partial charge in [-0.1, -0.05) is 17.7 Å². The third kappa shape index (κ3) is 4.50. The highest BCUT2D eigenvalue weighted by molar-refractivity contribution is 6.30. The Morgan fingerprint density at radius 2 is 1.93 bits per heavy atom. The van der Waals surface area contributed by atoms with Gasteiger partial charge >= 0.3 is 5.97 Å². The number of benzene rings is 2. The second kappa shape index (κ2) is 8.58. The number of halogens is 1. The van der Waals surface area contributed by atoms with E-state index in [4.69, 9.17) is 16.3 Å². The van der Waals surface area contributed by atoms with Gasteiger partial charge < -0.3 is 14.8 Å². The monoisotopic (exact) mass is 399 g/mol. The van der Waals surface area contributed by atoms with Gasteiger partial charge in [0, 0.05) is 10.7 Å². The van der Waals surface area contributed by atoms with Gasteiger partial charge in [0.2, 0.25) is 0 Å². The summed E-state index contributed by atoms with van der Waals surface area (Å²) in [5.74, 6) is -0.257. The fourth-order valence-electron chi connectivity index (χ4n) is 2.53. The summed E-state index contributed by atoms with van der Waals surface area (Å²) in [6.07, 6.45) is 1.51. The zero-order chi connectivity index (χ0) is 20.1. The molecule has 0 radical (unpaired) electrons. The summed E-state index contributed by atoms with van der Waals surface area (Å²) in [5.41, 5.74) is 2.50. The Balaban J connectivity index is 1.69. The van der Waals surface area contributed by atoms with Crippen LogP contribution in [0.5, 0.6) is 5.75 Å². The fourth-order valence-corrected chi connectivity index (χ4v) is 2.72. The van der Waals surface area contributed by atoms with Crippen molar-refractivity contribution in [2.75, 3.05) is 19.0 Å². The number of nitrogens with one attached hydrogen (secondary N) is 1. The molecule has 1 heterocycles. The van der Waals surface area contributed by atoms with Crippen LogP contribution in [-0.2, 0) is 9.53 Å². The van der Waals surface area contributed by atoms with E-state index >= 15 is 0 Å². The zero-order valence-electron chi connectivity index (χ0n) is 15.3. The first kappa shape index (κ1) is 19.4. The Kier molecular flexibility index (Phi) is 5.96. The van der Waals surface area contributed by atoms with E-state index in [1.807, 2.05) is 19.1 Å². The highest BCUT2D eigenvalue weighted by Crippen LogP contribution is 2.20. The Bertz CT molecular complexity index is 999. The third-order valence-corrected chi connectivity index (χ3v) is 4.24. The number of hydrogen-bond donors (Lipinski definition) is 1. The summed E-state index contributed by atoms with van der Waals surface area (Å²) in [6.45, 7) is 1.64. The summed E-state index contributed by atoms with van der Waals surface area (Å²) in [4.78, 5) is 23.7. The van der Waals surface area contributed by atoms with E-state index in [0.29, 0.717) is 27.7 Å². The van der Waals surface area contributed by atoms with E-state index in [-0.39, 0.29) is 12.5 Å². The first-order chi connectivity index (χ1) is 13.5. The smallest absolute Gasteiger partial charge is 0.343 e. The molecule has 1 aromatic heterocycles. The highest BCUT2D eigenvalue weighted by Gasteiger charge is 2.15. The number of nitrogens with zero attached hydrogens (tertiary/aromatic N) is 2. The van der Waals surface area contributed by atoms with Crippen molar-refractivity contribution >= 4 is 29.2 Å². The minimum atomic E-state index is -0.468. The number of hydrogen-bond acceptors (Lipinski definition) is 5. The van der Waals surface area contributed by atoms with E-state index in [0.717, 1.165) is 5.69 Å². The van der Waals surface area contributed by atoms with Gasteiger partial charge in [0.15, 0.2) is 6.61 Å². The Morgan fingerprint density at radius 1 is 1.18 bits per heavy atom. The van der Waals surface area contributed by atoms with Crippen molar-refractivity contribution in [3.8, 4) is 11.4 Å². The first-order valence-corrected chi connectivity index (χ1v) is 8.77. The maximum Gasteiger partial charge on any atom is 0.343 e. The van der Waals surface area contributed by atoms with Gasteiger partial charge in [-0.25, -0.2) is 9.48 Å². The second-order valence-corrected chi connectivity index (χ2v) is 6.32. The second-order valence-electron chi connectivity index (χ2n) is 5.88. The topological polar surface area (TPSA) is 82.4 Å². The zero-order valence-corrected chi connectivity index (χ0v) is 16.1. The molecule has 0 saturated carbocycles. The van der Waals surface area contributed by atoms with Crippen LogP contribution < -0.4 is 10.1 Å². The van der Waals surface area contributed by atoms with Crippen LogP contribution in [0.4, 0.5) is 5.69 Å². The van der Waals surface area contributed by atoms with Gasteiger partial charge in [0.1, 0.15) is 5.75 Å². The first-order valence-electron chi connectivity index (χ1n) is 8.39. The number of methoxy groups -OCH3 is 1. The van der Waals surface area contributed by atoms with Crippen molar-refractivity contribution in [2.24, 2.45) is 0 Å². The van der Waals surface area contributed by atoms with E-state index in [1.165, 1.54) is 13.3 Å². The fraction of sp³-hybridized carbons (Fsp3) is 0.150. The lowest BCUT2D eigenvalue weighted by Gasteiger charge is -2.08. The maximum atomic E-state index is 12.6. The Labute approximate surface area is 166 Å². The molecule has 144 valence electrons. The van der Waals surface area contributed by atoms with Crippen LogP contribution in [0.2, 0.25) is 5.02 Å². The van der Waals surface area contributed by atoms with Gasteiger partial charge in [-0.05, 0) is 49.4 Å². The lowest BCUT2D eigenvalue weighted by molar-refractivity contribution is -0.142. The van der Waals surface area contributed by atoms with Crippen molar-refractivity contribution in [1.82, 2.24) is 9.78 Å². The minimum absolute atomic E-state index is 0.177. The molecule has 2 aromatic carbocycles. The molecule has 3 rings (SSSR count). The molecule has 28 heavy (non-hydrogen) atoms. The summed E-state index contributed by atoms with van der Waals surface area (Å²) in [6, 6.07) is 13.9. The molecule has 0 atom stereocenters. The number of carbonyl (C=O) groups excluding carboxylic acids is 2. The van der Waals surface area contributed by atoms with Crippen molar-refractivity contribution in [1.29, 1.82) is 0 Å². The Hall–Kier alpha value is -3.32. The molecular formula is C20H18ClN3O4. The van der Waals surface area contributed by atoms with Gasteiger partial charge in [-0.3, -0.25) is 4.79 Å². The van der Waals surface area contributed by atoms with E-state index < -0.39 is 5.97 Å². The molecule has 0 aliphatic carbocycles. The van der Waals surface area contributed by atoms with Crippen LogP contribution in [0.25, 0.3) is 5.69 Å². The normalized spacial score (nSPS) is 10.4. The Morgan fingerprint density at radius 3 is 2.61 bits per heavy atom. The summed E-state index contributed by atoms with van der Waals surface area (Å²) >= 11 is 6.03. The number of carbonyl (C=O) groups is 2.